The Bertz CT molecular complexity index is 225. The number of hydrogen-bond donors (Lipinski definition) is 1. The number of β-amino-alcohol motifs (C(OH)–C–C–N with tert-alkyl or cyclic N) is 1. The van der Waals surface area contributed by atoms with E-state index >= 15 is 0 Å². The summed E-state index contributed by atoms with van der Waals surface area (Å²) in [5.41, 5.74) is -0.438. The fourth-order valence-electron chi connectivity index (χ4n) is 3.55. The third kappa shape index (κ3) is 2.43. The van der Waals surface area contributed by atoms with E-state index in [0.29, 0.717) is 0 Å². The topological polar surface area (TPSA) is 23.5 Å². The van der Waals surface area contributed by atoms with Crippen LogP contribution in [0.1, 0.15) is 58.8 Å². The summed E-state index contributed by atoms with van der Waals surface area (Å²) in [5.74, 6) is 0.937. The SMILES string of the molecule is CCC(O)(CC)CN1CCC2CCCCC21. The Labute approximate surface area is 100 Å². The molecule has 1 saturated heterocycles. The van der Waals surface area contributed by atoms with E-state index in [-0.39, 0.29) is 0 Å². The Balaban J connectivity index is 1.95. The van der Waals surface area contributed by atoms with Gasteiger partial charge in [0.2, 0.25) is 0 Å². The number of aliphatic hydroxyl groups is 1. The van der Waals surface area contributed by atoms with E-state index in [1.54, 1.807) is 0 Å². The summed E-state index contributed by atoms with van der Waals surface area (Å²) in [4.78, 5) is 2.58. The lowest BCUT2D eigenvalue weighted by atomic mass is 9.85. The average molecular weight is 225 g/mol. The van der Waals surface area contributed by atoms with Crippen LogP contribution < -0.4 is 0 Å². The molecule has 2 fully saturated rings. The van der Waals surface area contributed by atoms with Gasteiger partial charge in [0, 0.05) is 12.6 Å². The zero-order valence-corrected chi connectivity index (χ0v) is 10.9. The van der Waals surface area contributed by atoms with Crippen LogP contribution in [0.25, 0.3) is 0 Å². The summed E-state index contributed by atoms with van der Waals surface area (Å²) >= 11 is 0. The highest BCUT2D eigenvalue weighted by molar-refractivity contribution is 4.93. The lowest BCUT2D eigenvalue weighted by molar-refractivity contribution is -0.0119. The van der Waals surface area contributed by atoms with Gasteiger partial charge in [-0.2, -0.15) is 0 Å². The minimum atomic E-state index is -0.438. The molecular weight excluding hydrogens is 198 g/mol. The largest absolute Gasteiger partial charge is 0.389 e. The molecule has 0 bridgehead atoms. The highest BCUT2D eigenvalue weighted by Gasteiger charge is 2.38. The molecule has 2 rings (SSSR count). The third-order valence-corrected chi connectivity index (χ3v) is 4.94. The van der Waals surface area contributed by atoms with Crippen molar-refractivity contribution in [2.24, 2.45) is 5.92 Å². The van der Waals surface area contributed by atoms with Gasteiger partial charge in [-0.05, 0) is 44.6 Å². The zero-order chi connectivity index (χ0) is 11.6. The van der Waals surface area contributed by atoms with Gasteiger partial charge in [-0.1, -0.05) is 26.7 Å². The van der Waals surface area contributed by atoms with E-state index in [1.165, 1.54) is 38.6 Å². The molecule has 0 aromatic rings. The van der Waals surface area contributed by atoms with Gasteiger partial charge >= 0.3 is 0 Å². The maximum Gasteiger partial charge on any atom is 0.0769 e. The molecule has 94 valence electrons. The fourth-order valence-corrected chi connectivity index (χ4v) is 3.55. The van der Waals surface area contributed by atoms with Crippen molar-refractivity contribution in [3.05, 3.63) is 0 Å². The Hall–Kier alpha value is -0.0800. The standard InChI is InChI=1S/C14H27NO/c1-3-14(16,4-2)11-15-10-9-12-7-5-6-8-13(12)15/h12-13,16H,3-11H2,1-2H3. The first-order chi connectivity index (χ1) is 7.68. The molecule has 2 aliphatic rings. The van der Waals surface area contributed by atoms with Crippen LogP contribution >= 0.6 is 0 Å². The van der Waals surface area contributed by atoms with Crippen molar-refractivity contribution in [2.75, 3.05) is 13.1 Å². The Kier molecular flexibility index (Phi) is 3.91. The molecule has 1 saturated carbocycles. The van der Waals surface area contributed by atoms with Crippen molar-refractivity contribution >= 4 is 0 Å². The number of rotatable bonds is 4. The summed E-state index contributed by atoms with van der Waals surface area (Å²) in [7, 11) is 0. The molecule has 1 heterocycles. The van der Waals surface area contributed by atoms with E-state index in [9.17, 15) is 5.11 Å². The lowest BCUT2D eigenvalue weighted by Crippen LogP contribution is -2.46. The minimum Gasteiger partial charge on any atom is -0.389 e. The van der Waals surface area contributed by atoms with Crippen molar-refractivity contribution in [1.82, 2.24) is 4.90 Å². The Morgan fingerprint density at radius 3 is 2.50 bits per heavy atom. The van der Waals surface area contributed by atoms with Gasteiger partial charge in [-0.3, -0.25) is 4.90 Å². The first-order valence-electron chi connectivity index (χ1n) is 7.15. The van der Waals surface area contributed by atoms with Crippen molar-refractivity contribution in [2.45, 2.75) is 70.4 Å². The number of hydrogen-bond acceptors (Lipinski definition) is 2. The highest BCUT2D eigenvalue weighted by Crippen LogP contribution is 2.37. The molecule has 16 heavy (non-hydrogen) atoms. The molecule has 0 spiro atoms. The summed E-state index contributed by atoms with van der Waals surface area (Å²) < 4.78 is 0. The first-order valence-corrected chi connectivity index (χ1v) is 7.15. The molecule has 1 aliphatic carbocycles. The van der Waals surface area contributed by atoms with E-state index in [2.05, 4.69) is 18.7 Å². The highest BCUT2D eigenvalue weighted by atomic mass is 16.3. The van der Waals surface area contributed by atoms with Crippen LogP contribution in [0.4, 0.5) is 0 Å². The molecule has 0 aromatic carbocycles. The Morgan fingerprint density at radius 1 is 1.12 bits per heavy atom. The lowest BCUT2D eigenvalue weighted by Gasteiger charge is -2.37. The second-order valence-corrected chi connectivity index (χ2v) is 5.80. The van der Waals surface area contributed by atoms with Gasteiger partial charge in [-0.15, -0.1) is 0 Å². The van der Waals surface area contributed by atoms with Gasteiger partial charge in [-0.25, -0.2) is 0 Å². The molecular formula is C14H27NO. The quantitative estimate of drug-likeness (QED) is 0.795. The van der Waals surface area contributed by atoms with Gasteiger partial charge in [0.25, 0.3) is 0 Å². The minimum absolute atomic E-state index is 0.438. The molecule has 2 heteroatoms. The smallest absolute Gasteiger partial charge is 0.0769 e. The van der Waals surface area contributed by atoms with Crippen molar-refractivity contribution in [1.29, 1.82) is 0 Å². The summed E-state index contributed by atoms with van der Waals surface area (Å²) in [5, 5.41) is 10.4. The van der Waals surface area contributed by atoms with Gasteiger partial charge < -0.3 is 5.11 Å². The first kappa shape index (κ1) is 12.4. The third-order valence-electron chi connectivity index (χ3n) is 4.94. The molecule has 0 radical (unpaired) electrons. The summed E-state index contributed by atoms with van der Waals surface area (Å²) in [6.07, 6.45) is 8.77. The Morgan fingerprint density at radius 2 is 1.81 bits per heavy atom. The van der Waals surface area contributed by atoms with Crippen LogP contribution in [0.15, 0.2) is 0 Å². The molecule has 0 amide bonds. The predicted octanol–water partition coefficient (Wildman–Crippen LogP) is 2.80. The second-order valence-electron chi connectivity index (χ2n) is 5.80. The van der Waals surface area contributed by atoms with Crippen LogP contribution in [-0.2, 0) is 0 Å². The van der Waals surface area contributed by atoms with Crippen LogP contribution in [-0.4, -0.2) is 34.7 Å². The van der Waals surface area contributed by atoms with Gasteiger partial charge in [0.15, 0.2) is 0 Å². The van der Waals surface area contributed by atoms with Gasteiger partial charge in [0.05, 0.1) is 5.60 Å². The molecule has 1 N–H and O–H groups in total. The molecule has 2 unspecified atom stereocenters. The maximum atomic E-state index is 10.4. The summed E-state index contributed by atoms with van der Waals surface area (Å²) in [6, 6.07) is 0.790. The van der Waals surface area contributed by atoms with Crippen LogP contribution in [0.3, 0.4) is 0 Å². The van der Waals surface area contributed by atoms with Crippen LogP contribution in [0, 0.1) is 5.92 Å². The predicted molar refractivity (Wildman–Crippen MR) is 67.5 cm³/mol. The van der Waals surface area contributed by atoms with Gasteiger partial charge in [0.1, 0.15) is 0 Å². The van der Waals surface area contributed by atoms with E-state index in [1.807, 2.05) is 0 Å². The molecule has 2 atom stereocenters. The monoisotopic (exact) mass is 225 g/mol. The van der Waals surface area contributed by atoms with E-state index in [0.717, 1.165) is 31.3 Å². The number of nitrogens with zero attached hydrogens (tertiary/aromatic N) is 1. The molecule has 1 aliphatic heterocycles. The second kappa shape index (κ2) is 5.05. The van der Waals surface area contributed by atoms with Crippen molar-refractivity contribution < 1.29 is 5.11 Å². The number of fused-ring (bicyclic) bond motifs is 1. The fraction of sp³-hybridized carbons (Fsp3) is 1.00. The van der Waals surface area contributed by atoms with E-state index in [4.69, 9.17) is 0 Å². The number of likely N-dealkylation sites (tertiary alicyclic amines) is 1. The molecule has 2 nitrogen and oxygen atoms in total. The normalized spacial score (nSPS) is 31.7. The zero-order valence-electron chi connectivity index (χ0n) is 10.9. The molecule has 0 aromatic heterocycles. The average Bonchev–Trinajstić information content (AvgIpc) is 2.73. The van der Waals surface area contributed by atoms with Crippen LogP contribution in [0.5, 0.6) is 0 Å². The van der Waals surface area contributed by atoms with Crippen molar-refractivity contribution in [3.8, 4) is 0 Å². The van der Waals surface area contributed by atoms with E-state index < -0.39 is 5.60 Å². The van der Waals surface area contributed by atoms with Crippen molar-refractivity contribution in [3.63, 3.8) is 0 Å². The maximum absolute atomic E-state index is 10.4. The summed E-state index contributed by atoms with van der Waals surface area (Å²) in [6.45, 7) is 6.34. The van der Waals surface area contributed by atoms with Crippen LogP contribution in [0.2, 0.25) is 0 Å².